The normalized spacial score (nSPS) is 14.6. The van der Waals surface area contributed by atoms with Gasteiger partial charge in [0.1, 0.15) is 34.9 Å². The van der Waals surface area contributed by atoms with Crippen molar-refractivity contribution in [2.75, 3.05) is 0 Å². The molecule has 2 aliphatic carbocycles. The molecule has 0 heterocycles. The van der Waals surface area contributed by atoms with Crippen LogP contribution >= 0.6 is 0 Å². The highest BCUT2D eigenvalue weighted by Crippen LogP contribution is 2.40. The Hall–Kier alpha value is -4.63. The summed E-state index contributed by atoms with van der Waals surface area (Å²) in [5, 5.41) is 0. The summed E-state index contributed by atoms with van der Waals surface area (Å²) in [6, 6.07) is 13.1. The van der Waals surface area contributed by atoms with Gasteiger partial charge < -0.3 is 0 Å². The number of aryl methyl sites for hydroxylation is 2. The van der Waals surface area contributed by atoms with E-state index in [1.807, 2.05) is 12.2 Å². The van der Waals surface area contributed by atoms with Gasteiger partial charge in [0.2, 0.25) is 0 Å². The van der Waals surface area contributed by atoms with Crippen LogP contribution in [0.15, 0.2) is 85.0 Å². The number of halogens is 6. The van der Waals surface area contributed by atoms with E-state index in [0.29, 0.717) is 57.4 Å². The van der Waals surface area contributed by atoms with Crippen molar-refractivity contribution in [1.82, 2.24) is 0 Å². The first-order chi connectivity index (χ1) is 22.3. The van der Waals surface area contributed by atoms with Gasteiger partial charge in [0.25, 0.3) is 0 Å². The molecule has 0 bridgehead atoms. The molecule has 47 heavy (non-hydrogen) atoms. The topological polar surface area (TPSA) is 34.1 Å². The molecule has 0 saturated heterocycles. The maximum atomic E-state index is 15.3. The van der Waals surface area contributed by atoms with Crippen LogP contribution in [0.4, 0.5) is 26.3 Å². The Morgan fingerprint density at radius 2 is 0.787 bits per heavy atom. The average Bonchev–Trinajstić information content (AvgIpc) is 3.70. The van der Waals surface area contributed by atoms with Crippen molar-refractivity contribution in [2.24, 2.45) is 0 Å². The van der Waals surface area contributed by atoms with Gasteiger partial charge in [0.15, 0.2) is 9.84 Å². The summed E-state index contributed by atoms with van der Waals surface area (Å²) >= 11 is 0. The molecule has 4 aromatic rings. The summed E-state index contributed by atoms with van der Waals surface area (Å²) < 4.78 is 115. The van der Waals surface area contributed by atoms with Crippen LogP contribution in [0.1, 0.15) is 57.3 Å². The number of allylic oxidation sites excluding steroid dienone is 8. The second-order valence-corrected chi connectivity index (χ2v) is 13.8. The fraction of sp³-hybridized carbons (Fsp3) is 0.158. The standard InChI is InChI=1S/C38H28F6O2S/c1-21-13-23(9-11-33(21)39)27-5-3-7-29(27)25-15-35(41)31(36(42)16-25)19-47(45,46)20-32-37(43)17-26(18-38(32)44)30-8-4-6-28(30)24-10-12-34(40)22(2)14-24/h5-18H,3-4,19-20H2,1-2H3. The lowest BCUT2D eigenvalue weighted by Crippen LogP contribution is -2.13. The molecular weight excluding hydrogens is 634 g/mol. The molecule has 0 fully saturated rings. The lowest BCUT2D eigenvalue weighted by atomic mass is 9.93. The van der Waals surface area contributed by atoms with Crippen molar-refractivity contribution in [3.8, 4) is 0 Å². The quantitative estimate of drug-likeness (QED) is 0.176. The molecule has 9 heteroatoms. The number of hydrogen-bond donors (Lipinski definition) is 0. The zero-order chi connectivity index (χ0) is 33.6. The SMILES string of the molecule is Cc1cc(C2=CCC=C2c2cc(F)c(CS(=O)(=O)Cc3c(F)cc(C4=CCC=C4c4ccc(F)c(C)c4)cc3F)c(F)c2)ccc1F. The molecule has 4 aromatic carbocycles. The molecule has 0 aromatic heterocycles. The van der Waals surface area contributed by atoms with Gasteiger partial charge in [0, 0.05) is 11.1 Å². The third-order valence-corrected chi connectivity index (χ3v) is 9.90. The molecule has 0 unspecified atom stereocenters. The summed E-state index contributed by atoms with van der Waals surface area (Å²) in [6.07, 6.45) is 8.17. The Labute approximate surface area is 269 Å². The number of benzene rings is 4. The van der Waals surface area contributed by atoms with Crippen LogP contribution < -0.4 is 0 Å². The molecule has 0 radical (unpaired) electrons. The fourth-order valence-corrected chi connectivity index (χ4v) is 7.56. The highest BCUT2D eigenvalue weighted by Gasteiger charge is 2.26. The van der Waals surface area contributed by atoms with Crippen molar-refractivity contribution in [2.45, 2.75) is 38.2 Å². The molecule has 0 aliphatic heterocycles. The van der Waals surface area contributed by atoms with Crippen LogP contribution in [0.2, 0.25) is 0 Å². The van der Waals surface area contributed by atoms with Gasteiger partial charge in [-0.3, -0.25) is 0 Å². The monoisotopic (exact) mass is 662 g/mol. The Bertz CT molecular complexity index is 2000. The Balaban J connectivity index is 1.22. The van der Waals surface area contributed by atoms with E-state index in [-0.39, 0.29) is 22.8 Å². The van der Waals surface area contributed by atoms with E-state index in [1.54, 1.807) is 50.3 Å². The highest BCUT2D eigenvalue weighted by atomic mass is 32.2. The first-order valence-corrected chi connectivity index (χ1v) is 16.6. The van der Waals surface area contributed by atoms with Gasteiger partial charge in [-0.15, -0.1) is 0 Å². The predicted octanol–water partition coefficient (Wildman–Crippen LogP) is 9.99. The zero-order valence-electron chi connectivity index (χ0n) is 25.4. The molecular formula is C38H28F6O2S. The van der Waals surface area contributed by atoms with Gasteiger partial charge in [0.05, 0.1) is 11.5 Å². The lowest BCUT2D eigenvalue weighted by molar-refractivity contribution is 0.547. The summed E-state index contributed by atoms with van der Waals surface area (Å²) in [6.45, 7) is 3.21. The van der Waals surface area contributed by atoms with Crippen LogP contribution in [0.3, 0.4) is 0 Å². The highest BCUT2D eigenvalue weighted by molar-refractivity contribution is 7.89. The lowest BCUT2D eigenvalue weighted by Gasteiger charge is -2.15. The van der Waals surface area contributed by atoms with Crippen LogP contribution in [0.5, 0.6) is 0 Å². The van der Waals surface area contributed by atoms with Gasteiger partial charge in [-0.1, -0.05) is 36.4 Å². The van der Waals surface area contributed by atoms with Crippen LogP contribution in [-0.4, -0.2) is 8.42 Å². The second-order valence-electron chi connectivity index (χ2n) is 11.7. The second kappa shape index (κ2) is 12.5. The Kier molecular flexibility index (Phi) is 8.61. The van der Waals surface area contributed by atoms with Crippen molar-refractivity contribution in [1.29, 1.82) is 0 Å². The Morgan fingerprint density at radius 3 is 1.11 bits per heavy atom. The van der Waals surface area contributed by atoms with Crippen molar-refractivity contribution >= 4 is 32.1 Å². The van der Waals surface area contributed by atoms with Gasteiger partial charge in [-0.05, 0) is 131 Å². The van der Waals surface area contributed by atoms with Crippen molar-refractivity contribution in [3.05, 3.63) is 164 Å². The van der Waals surface area contributed by atoms with Crippen molar-refractivity contribution in [3.63, 3.8) is 0 Å². The minimum atomic E-state index is -4.45. The van der Waals surface area contributed by atoms with E-state index in [9.17, 15) is 17.2 Å². The van der Waals surface area contributed by atoms with E-state index < -0.39 is 55.7 Å². The molecule has 0 N–H and O–H groups in total. The number of sulfone groups is 1. The van der Waals surface area contributed by atoms with Gasteiger partial charge >= 0.3 is 0 Å². The smallest absolute Gasteiger partial charge is 0.159 e. The molecule has 0 saturated carbocycles. The number of rotatable bonds is 8. The maximum Gasteiger partial charge on any atom is 0.159 e. The van der Waals surface area contributed by atoms with Crippen LogP contribution in [0.25, 0.3) is 22.3 Å². The van der Waals surface area contributed by atoms with E-state index in [0.717, 1.165) is 24.3 Å². The maximum absolute atomic E-state index is 15.3. The van der Waals surface area contributed by atoms with Crippen LogP contribution in [0, 0.1) is 48.8 Å². The minimum absolute atomic E-state index is 0.171. The summed E-state index contributed by atoms with van der Waals surface area (Å²) in [5.41, 5.74) is 3.34. The van der Waals surface area contributed by atoms with E-state index in [4.69, 9.17) is 0 Å². The zero-order valence-corrected chi connectivity index (χ0v) is 26.2. The predicted molar refractivity (Wildman–Crippen MR) is 172 cm³/mol. The minimum Gasteiger partial charge on any atom is -0.228 e. The Morgan fingerprint density at radius 1 is 0.468 bits per heavy atom. The van der Waals surface area contributed by atoms with E-state index in [2.05, 4.69) is 0 Å². The molecule has 0 atom stereocenters. The molecule has 2 aliphatic rings. The van der Waals surface area contributed by atoms with E-state index >= 15 is 17.6 Å². The molecule has 0 amide bonds. The van der Waals surface area contributed by atoms with Gasteiger partial charge in [-0.25, -0.2) is 34.8 Å². The van der Waals surface area contributed by atoms with Crippen LogP contribution in [-0.2, 0) is 21.3 Å². The average molecular weight is 663 g/mol. The summed E-state index contributed by atoms with van der Waals surface area (Å²) in [7, 11) is -4.45. The van der Waals surface area contributed by atoms with E-state index in [1.165, 1.54) is 12.1 Å². The summed E-state index contributed by atoms with van der Waals surface area (Å²) in [4.78, 5) is 0. The molecule has 6 rings (SSSR count). The van der Waals surface area contributed by atoms with Gasteiger partial charge in [-0.2, -0.15) is 0 Å². The molecule has 2 nitrogen and oxygen atoms in total. The molecule has 240 valence electrons. The van der Waals surface area contributed by atoms with Crippen molar-refractivity contribution < 1.29 is 34.8 Å². The first kappa shape index (κ1) is 32.3. The largest absolute Gasteiger partial charge is 0.228 e. The third kappa shape index (κ3) is 6.49. The summed E-state index contributed by atoms with van der Waals surface area (Å²) in [5.74, 6) is -7.48. The molecule has 0 spiro atoms. The fourth-order valence-electron chi connectivity index (χ4n) is 6.03. The first-order valence-electron chi connectivity index (χ1n) is 14.8. The number of hydrogen-bond acceptors (Lipinski definition) is 2. The third-order valence-electron chi connectivity index (χ3n) is 8.44.